The molecule has 3 heteroatoms. The number of hydrogen-bond donors (Lipinski definition) is 0. The molecular weight excluding hydrogens is 330 g/mol. The predicted octanol–water partition coefficient (Wildman–Crippen LogP) is 5.01. The topological polar surface area (TPSA) is 12.5 Å². The van der Waals surface area contributed by atoms with Crippen LogP contribution in [0.5, 0.6) is 5.75 Å². The number of halogens is 1. The van der Waals surface area contributed by atoms with Gasteiger partial charge in [-0.2, -0.15) is 0 Å². The van der Waals surface area contributed by atoms with E-state index >= 15 is 0 Å². The first kappa shape index (κ1) is 19.3. The molecule has 0 aliphatic carbocycles. The van der Waals surface area contributed by atoms with Gasteiger partial charge in [0.25, 0.3) is 0 Å². The number of hydrogen-bond acceptors (Lipinski definition) is 2. The zero-order chi connectivity index (χ0) is 16.6. The van der Waals surface area contributed by atoms with Gasteiger partial charge in [-0.15, -0.1) is 12.4 Å². The van der Waals surface area contributed by atoms with Gasteiger partial charge in [0, 0.05) is 19.6 Å². The molecule has 1 aliphatic heterocycles. The Balaban J connectivity index is 0.00000225. The lowest BCUT2D eigenvalue weighted by molar-refractivity contribution is 0.299. The maximum atomic E-state index is 5.19. The Hall–Kier alpha value is -2.03. The van der Waals surface area contributed by atoms with Gasteiger partial charge in [0.1, 0.15) is 5.75 Å². The minimum absolute atomic E-state index is 0. The highest BCUT2D eigenvalue weighted by atomic mass is 35.5. The smallest absolute Gasteiger partial charge is 0.118 e. The van der Waals surface area contributed by atoms with Gasteiger partial charge in [0.15, 0.2) is 0 Å². The summed E-state index contributed by atoms with van der Waals surface area (Å²) in [5.74, 6) is 0.901. The molecule has 1 heterocycles. The van der Waals surface area contributed by atoms with Crippen LogP contribution in [0.25, 0.3) is 6.08 Å². The Morgan fingerprint density at radius 1 is 1.00 bits per heavy atom. The maximum absolute atomic E-state index is 5.19. The quantitative estimate of drug-likeness (QED) is 0.722. The summed E-state index contributed by atoms with van der Waals surface area (Å²) in [6, 6.07) is 18.9. The van der Waals surface area contributed by atoms with Crippen molar-refractivity contribution in [1.29, 1.82) is 0 Å². The van der Waals surface area contributed by atoms with Gasteiger partial charge < -0.3 is 4.74 Å². The van der Waals surface area contributed by atoms with Crippen LogP contribution in [0.1, 0.15) is 17.5 Å². The minimum Gasteiger partial charge on any atom is -0.497 e. The van der Waals surface area contributed by atoms with E-state index < -0.39 is 0 Å². The van der Waals surface area contributed by atoms with Gasteiger partial charge in [0.05, 0.1) is 7.11 Å². The molecule has 132 valence electrons. The fraction of sp³-hybridized carbons (Fsp3) is 0.273. The lowest BCUT2D eigenvalue weighted by Crippen LogP contribution is -2.30. The number of rotatable bonds is 6. The lowest BCUT2D eigenvalue weighted by atomic mass is 10.1. The molecule has 0 aromatic heterocycles. The Morgan fingerprint density at radius 2 is 1.76 bits per heavy atom. The van der Waals surface area contributed by atoms with Crippen molar-refractivity contribution in [3.63, 3.8) is 0 Å². The van der Waals surface area contributed by atoms with E-state index in [0.717, 1.165) is 38.2 Å². The second-order valence-corrected chi connectivity index (χ2v) is 6.17. The first-order chi connectivity index (χ1) is 11.8. The van der Waals surface area contributed by atoms with Gasteiger partial charge in [-0.1, -0.05) is 60.7 Å². The van der Waals surface area contributed by atoms with E-state index in [-0.39, 0.29) is 12.4 Å². The van der Waals surface area contributed by atoms with Crippen LogP contribution in [0.2, 0.25) is 0 Å². The van der Waals surface area contributed by atoms with Crippen LogP contribution in [-0.4, -0.2) is 31.6 Å². The number of methoxy groups -OCH3 is 1. The molecule has 0 saturated carbocycles. The van der Waals surface area contributed by atoms with E-state index in [1.54, 1.807) is 7.11 Å². The Labute approximate surface area is 157 Å². The molecule has 2 aromatic rings. The first-order valence-corrected chi connectivity index (χ1v) is 8.61. The van der Waals surface area contributed by atoms with Crippen molar-refractivity contribution in [2.75, 3.05) is 26.7 Å². The summed E-state index contributed by atoms with van der Waals surface area (Å²) < 4.78 is 5.19. The van der Waals surface area contributed by atoms with Crippen LogP contribution in [-0.2, 0) is 6.42 Å². The molecule has 25 heavy (non-hydrogen) atoms. The van der Waals surface area contributed by atoms with E-state index in [9.17, 15) is 0 Å². The molecule has 0 atom stereocenters. The summed E-state index contributed by atoms with van der Waals surface area (Å²) in [6.45, 7) is 3.33. The maximum Gasteiger partial charge on any atom is 0.118 e. The molecule has 2 nitrogen and oxygen atoms in total. The molecule has 1 aliphatic rings. The highest BCUT2D eigenvalue weighted by molar-refractivity contribution is 5.85. The van der Waals surface area contributed by atoms with Gasteiger partial charge in [-0.25, -0.2) is 0 Å². The van der Waals surface area contributed by atoms with Crippen molar-refractivity contribution in [3.05, 3.63) is 83.4 Å². The average Bonchev–Trinajstić information content (AvgIpc) is 2.67. The van der Waals surface area contributed by atoms with E-state index in [4.69, 9.17) is 4.74 Å². The van der Waals surface area contributed by atoms with Gasteiger partial charge in [0.2, 0.25) is 0 Å². The molecule has 2 aromatic carbocycles. The molecule has 3 rings (SSSR count). The zero-order valence-electron chi connectivity index (χ0n) is 14.7. The molecule has 0 radical (unpaired) electrons. The molecular formula is C22H26ClNO. The van der Waals surface area contributed by atoms with Crippen LogP contribution in [0.15, 0.2) is 72.3 Å². The monoisotopic (exact) mass is 355 g/mol. The zero-order valence-corrected chi connectivity index (χ0v) is 15.5. The molecule has 0 saturated heterocycles. The third kappa shape index (κ3) is 6.08. The largest absolute Gasteiger partial charge is 0.497 e. The van der Waals surface area contributed by atoms with Crippen LogP contribution in [0, 0.1) is 0 Å². The van der Waals surface area contributed by atoms with Crippen molar-refractivity contribution in [3.8, 4) is 5.75 Å². The van der Waals surface area contributed by atoms with Crippen molar-refractivity contribution in [2.45, 2.75) is 12.8 Å². The Bertz CT molecular complexity index is 692. The second-order valence-electron chi connectivity index (χ2n) is 6.17. The number of benzene rings is 2. The van der Waals surface area contributed by atoms with Crippen LogP contribution in [0.3, 0.4) is 0 Å². The van der Waals surface area contributed by atoms with Gasteiger partial charge in [-0.05, 0) is 41.7 Å². The molecule has 0 bridgehead atoms. The Morgan fingerprint density at radius 3 is 2.40 bits per heavy atom. The summed E-state index contributed by atoms with van der Waals surface area (Å²) in [5.41, 5.74) is 4.07. The fourth-order valence-corrected chi connectivity index (χ4v) is 2.93. The van der Waals surface area contributed by atoms with E-state index in [1.807, 2.05) is 12.1 Å². The van der Waals surface area contributed by atoms with Gasteiger partial charge >= 0.3 is 0 Å². The molecule has 0 spiro atoms. The normalized spacial score (nSPS) is 14.8. The van der Waals surface area contributed by atoms with Crippen molar-refractivity contribution in [2.24, 2.45) is 0 Å². The predicted molar refractivity (Wildman–Crippen MR) is 109 cm³/mol. The van der Waals surface area contributed by atoms with E-state index in [1.165, 1.54) is 16.7 Å². The lowest BCUT2D eigenvalue weighted by Gasteiger charge is -2.25. The highest BCUT2D eigenvalue weighted by Crippen LogP contribution is 2.16. The second kappa shape index (κ2) is 10.1. The van der Waals surface area contributed by atoms with Crippen molar-refractivity contribution >= 4 is 18.5 Å². The van der Waals surface area contributed by atoms with Crippen molar-refractivity contribution in [1.82, 2.24) is 4.90 Å². The van der Waals surface area contributed by atoms with Crippen LogP contribution >= 0.6 is 12.4 Å². The summed E-state index contributed by atoms with van der Waals surface area (Å²) >= 11 is 0. The Kier molecular flexibility index (Phi) is 7.77. The number of nitrogens with zero attached hydrogens (tertiary/aromatic N) is 1. The molecule has 0 unspecified atom stereocenters. The number of allylic oxidation sites excluding steroid dienone is 1. The summed E-state index contributed by atoms with van der Waals surface area (Å²) in [5, 5.41) is 0. The first-order valence-electron chi connectivity index (χ1n) is 8.61. The standard InChI is InChI=1S/C22H25NO.ClH/c1-24-22-11-9-20(10-12-22)7-8-21-14-17-23(18-15-21)16-13-19-5-3-2-4-6-19;/h2-12,14H,13,15-18H2,1H3;1H/b8-7+;. The molecule has 0 N–H and O–H groups in total. The van der Waals surface area contributed by atoms with Crippen LogP contribution in [0.4, 0.5) is 0 Å². The average molecular weight is 356 g/mol. The highest BCUT2D eigenvalue weighted by Gasteiger charge is 2.09. The van der Waals surface area contributed by atoms with Crippen molar-refractivity contribution < 1.29 is 4.74 Å². The van der Waals surface area contributed by atoms with E-state index in [0.29, 0.717) is 0 Å². The third-order valence-corrected chi connectivity index (χ3v) is 4.49. The summed E-state index contributed by atoms with van der Waals surface area (Å²) in [7, 11) is 1.70. The SMILES string of the molecule is COc1ccc(/C=C/C2=CCN(CCc3ccccc3)CC2)cc1.Cl. The summed E-state index contributed by atoms with van der Waals surface area (Å²) in [4.78, 5) is 2.53. The molecule has 0 fully saturated rings. The third-order valence-electron chi connectivity index (χ3n) is 4.49. The van der Waals surface area contributed by atoms with Crippen LogP contribution < -0.4 is 4.74 Å². The number of ether oxygens (including phenoxy) is 1. The van der Waals surface area contributed by atoms with E-state index in [2.05, 4.69) is 65.6 Å². The van der Waals surface area contributed by atoms with Gasteiger partial charge in [-0.3, -0.25) is 4.90 Å². The molecule has 0 amide bonds. The minimum atomic E-state index is 0. The fourth-order valence-electron chi connectivity index (χ4n) is 2.93. The summed E-state index contributed by atoms with van der Waals surface area (Å²) in [6.07, 6.45) is 9.04.